The third kappa shape index (κ3) is 6.44. The number of unbranched alkanes of at least 4 members (excludes halogenated alkanes) is 1. The molecule has 1 aromatic carbocycles. The number of anilines is 1. The van der Waals surface area contributed by atoms with Crippen LogP contribution in [0.2, 0.25) is 0 Å². The van der Waals surface area contributed by atoms with Gasteiger partial charge in [0, 0.05) is 25.2 Å². The Labute approximate surface area is 193 Å². The summed E-state index contributed by atoms with van der Waals surface area (Å²) >= 11 is 0. The van der Waals surface area contributed by atoms with Crippen molar-refractivity contribution in [3.8, 4) is 11.6 Å². The second-order valence-electron chi connectivity index (χ2n) is 7.35. The molecule has 0 spiro atoms. The fourth-order valence-corrected chi connectivity index (χ4v) is 3.17. The van der Waals surface area contributed by atoms with Gasteiger partial charge in [-0.1, -0.05) is 0 Å². The van der Waals surface area contributed by atoms with E-state index in [1.807, 2.05) is 7.05 Å². The van der Waals surface area contributed by atoms with E-state index in [9.17, 15) is 23.1 Å². The molecular weight excluding hydrogens is 453 g/mol. The molecule has 2 aromatic heterocycles. The quantitative estimate of drug-likeness (QED) is 0.177. The number of carbonyl (C=O) groups excluding carboxylic acids is 1. The molecule has 0 atom stereocenters. The number of H-pyrrole nitrogens is 1. The highest BCUT2D eigenvalue weighted by molar-refractivity contribution is 6.06. The minimum Gasteiger partial charge on any atom is -0.494 e. The molecule has 3 aromatic rings. The maximum Gasteiger partial charge on any atom is 0.416 e. The molecule has 0 aliphatic heterocycles. The van der Waals surface area contributed by atoms with Gasteiger partial charge in [-0.05, 0) is 38.6 Å². The van der Waals surface area contributed by atoms with Gasteiger partial charge in [-0.15, -0.1) is 0 Å². The van der Waals surface area contributed by atoms with Gasteiger partial charge in [-0.25, -0.2) is 9.97 Å². The zero-order valence-electron chi connectivity index (χ0n) is 18.4. The highest BCUT2D eigenvalue weighted by Gasteiger charge is 2.31. The Morgan fingerprint density at radius 3 is 2.76 bits per heavy atom. The number of benzene rings is 1. The van der Waals surface area contributed by atoms with Gasteiger partial charge in [-0.2, -0.15) is 13.2 Å². The molecule has 9 nitrogen and oxygen atoms in total. The minimum absolute atomic E-state index is 0.0191. The Hall–Kier alpha value is -3.67. The van der Waals surface area contributed by atoms with Crippen molar-refractivity contribution in [2.24, 2.45) is 4.99 Å². The summed E-state index contributed by atoms with van der Waals surface area (Å²) in [6, 6.07) is 3.12. The van der Waals surface area contributed by atoms with Crippen LogP contribution < -0.4 is 15.4 Å². The fourth-order valence-electron chi connectivity index (χ4n) is 3.17. The number of aromatic hydroxyl groups is 1. The fraction of sp³-hybridized carbons (Fsp3) is 0.364. The first kappa shape index (κ1) is 25.0. The van der Waals surface area contributed by atoms with Crippen molar-refractivity contribution in [1.29, 1.82) is 0 Å². The first-order chi connectivity index (χ1) is 16.3. The van der Waals surface area contributed by atoms with E-state index in [0.29, 0.717) is 36.1 Å². The second-order valence-corrected chi connectivity index (χ2v) is 7.35. The number of fused-ring (bicyclic) bond motifs is 1. The van der Waals surface area contributed by atoms with Gasteiger partial charge in [0.2, 0.25) is 0 Å². The molecule has 182 valence electrons. The molecule has 0 unspecified atom stereocenters. The molecule has 2 heterocycles. The van der Waals surface area contributed by atoms with Crippen LogP contribution in [-0.4, -0.2) is 59.3 Å². The van der Waals surface area contributed by atoms with Crippen LogP contribution in [0.5, 0.6) is 11.6 Å². The van der Waals surface area contributed by atoms with Crippen molar-refractivity contribution in [3.63, 3.8) is 0 Å². The summed E-state index contributed by atoms with van der Waals surface area (Å²) in [6.45, 7) is 1.49. The number of aromatic nitrogens is 3. The molecular formula is C22H25F3N6O3. The monoisotopic (exact) mass is 478 g/mol. The number of rotatable bonds is 12. The van der Waals surface area contributed by atoms with E-state index < -0.39 is 11.7 Å². The predicted octanol–water partition coefficient (Wildman–Crippen LogP) is 3.81. The molecule has 0 amide bonds. The standard InChI is InChI=1S/C22H25F3N6O3/c1-26-5-4-6-27-19-18-17(21(33)31-20(18)30-13-29-19)12-28-15-9-14(22(23,24)25)10-16(11-15)34-8-3-2-7-32/h7,9-13,26,33H,2-6,8H2,1H3,(H2,27,29,30,31). The van der Waals surface area contributed by atoms with Gasteiger partial charge in [0.05, 0.1) is 28.8 Å². The van der Waals surface area contributed by atoms with Gasteiger partial charge in [-0.3, -0.25) is 4.99 Å². The van der Waals surface area contributed by atoms with Crippen LogP contribution in [0.1, 0.15) is 30.4 Å². The van der Waals surface area contributed by atoms with E-state index in [1.54, 1.807) is 0 Å². The topological polar surface area (TPSA) is 125 Å². The maximum absolute atomic E-state index is 13.4. The van der Waals surface area contributed by atoms with Crippen molar-refractivity contribution >= 4 is 35.0 Å². The van der Waals surface area contributed by atoms with E-state index in [1.165, 1.54) is 18.6 Å². The third-order valence-corrected chi connectivity index (χ3v) is 4.80. The number of nitrogens with one attached hydrogen (secondary N) is 3. The summed E-state index contributed by atoms with van der Waals surface area (Å²) in [5.41, 5.74) is -0.355. The summed E-state index contributed by atoms with van der Waals surface area (Å²) in [6.07, 6.45) is 0.146. The number of ether oxygens (including phenoxy) is 1. The predicted molar refractivity (Wildman–Crippen MR) is 122 cm³/mol. The van der Waals surface area contributed by atoms with E-state index in [4.69, 9.17) is 4.74 Å². The summed E-state index contributed by atoms with van der Waals surface area (Å²) in [7, 11) is 1.84. The number of nitrogens with zero attached hydrogens (tertiary/aromatic N) is 3. The van der Waals surface area contributed by atoms with Crippen LogP contribution in [0, 0.1) is 0 Å². The number of hydrogen-bond acceptors (Lipinski definition) is 8. The number of aromatic amines is 1. The van der Waals surface area contributed by atoms with Gasteiger partial charge in [0.1, 0.15) is 29.8 Å². The number of aldehydes is 1. The summed E-state index contributed by atoms with van der Waals surface area (Å²) in [5, 5.41) is 17.0. The van der Waals surface area contributed by atoms with Crippen molar-refractivity contribution in [2.45, 2.75) is 25.4 Å². The Bertz CT molecular complexity index is 1150. The summed E-state index contributed by atoms with van der Waals surface area (Å²) in [5.74, 6) is 0.198. The molecule has 0 aliphatic rings. The zero-order valence-corrected chi connectivity index (χ0v) is 18.4. The van der Waals surface area contributed by atoms with Crippen molar-refractivity contribution in [3.05, 3.63) is 35.7 Å². The van der Waals surface area contributed by atoms with E-state index in [2.05, 4.69) is 30.6 Å². The van der Waals surface area contributed by atoms with Gasteiger partial charge in [0.25, 0.3) is 0 Å². The lowest BCUT2D eigenvalue weighted by Crippen LogP contribution is -2.13. The number of hydrogen-bond donors (Lipinski definition) is 4. The minimum atomic E-state index is -4.60. The van der Waals surface area contributed by atoms with Crippen LogP contribution in [0.25, 0.3) is 11.0 Å². The normalized spacial score (nSPS) is 11.9. The van der Waals surface area contributed by atoms with Gasteiger partial charge >= 0.3 is 6.18 Å². The summed E-state index contributed by atoms with van der Waals surface area (Å²) in [4.78, 5) is 25.6. The lowest BCUT2D eigenvalue weighted by Gasteiger charge is -2.11. The second kappa shape index (κ2) is 11.5. The first-order valence-electron chi connectivity index (χ1n) is 10.6. The van der Waals surface area contributed by atoms with Crippen LogP contribution in [0.3, 0.4) is 0 Å². The molecule has 0 bridgehead atoms. The molecule has 4 N–H and O–H groups in total. The van der Waals surface area contributed by atoms with Crippen molar-refractivity contribution < 1.29 is 27.8 Å². The van der Waals surface area contributed by atoms with Crippen LogP contribution in [0.15, 0.2) is 29.5 Å². The average molecular weight is 478 g/mol. The molecule has 0 saturated carbocycles. The van der Waals surface area contributed by atoms with Crippen LogP contribution in [-0.2, 0) is 11.0 Å². The lowest BCUT2D eigenvalue weighted by atomic mass is 10.1. The highest BCUT2D eigenvalue weighted by Crippen LogP contribution is 2.36. The average Bonchev–Trinajstić information content (AvgIpc) is 3.13. The zero-order chi connectivity index (χ0) is 24.6. The SMILES string of the molecule is CNCCCNc1ncnc2[nH]c(O)c(C=Nc3cc(OCCCC=O)cc(C(F)(F)F)c3)c12. The highest BCUT2D eigenvalue weighted by atomic mass is 19.4. The van der Waals surface area contributed by atoms with E-state index >= 15 is 0 Å². The largest absolute Gasteiger partial charge is 0.494 e. The molecule has 0 radical (unpaired) electrons. The van der Waals surface area contributed by atoms with Gasteiger partial charge in [0.15, 0.2) is 5.88 Å². The van der Waals surface area contributed by atoms with Gasteiger partial charge < -0.3 is 30.3 Å². The smallest absolute Gasteiger partial charge is 0.416 e. The Balaban J connectivity index is 1.92. The Morgan fingerprint density at radius 1 is 1.21 bits per heavy atom. The lowest BCUT2D eigenvalue weighted by molar-refractivity contribution is -0.137. The third-order valence-electron chi connectivity index (χ3n) is 4.80. The number of halogens is 3. The molecule has 3 rings (SSSR count). The van der Waals surface area contributed by atoms with Crippen molar-refractivity contribution in [2.75, 3.05) is 32.1 Å². The molecule has 12 heteroatoms. The molecule has 34 heavy (non-hydrogen) atoms. The Morgan fingerprint density at radius 2 is 2.03 bits per heavy atom. The van der Waals surface area contributed by atoms with Crippen molar-refractivity contribution in [1.82, 2.24) is 20.3 Å². The number of aliphatic imine (C=N–C) groups is 1. The molecule has 0 fully saturated rings. The number of alkyl halides is 3. The maximum atomic E-state index is 13.4. The Kier molecular flexibility index (Phi) is 8.41. The van der Waals surface area contributed by atoms with Crippen LogP contribution in [0.4, 0.5) is 24.7 Å². The van der Waals surface area contributed by atoms with E-state index in [0.717, 1.165) is 25.1 Å². The molecule has 0 saturated heterocycles. The van der Waals surface area contributed by atoms with Crippen LogP contribution >= 0.6 is 0 Å². The molecule has 0 aliphatic carbocycles. The first-order valence-corrected chi connectivity index (χ1v) is 10.6. The van der Waals surface area contributed by atoms with E-state index in [-0.39, 0.29) is 35.9 Å². The number of carbonyl (C=O) groups is 1. The summed E-state index contributed by atoms with van der Waals surface area (Å²) < 4.78 is 45.5.